The molecule has 14 heavy (non-hydrogen) atoms. The largest absolute Gasteiger partial charge is 0.378 e. The minimum atomic E-state index is 0.0412. The molecule has 1 saturated heterocycles. The van der Waals surface area contributed by atoms with Crippen LogP contribution in [-0.4, -0.2) is 31.7 Å². The zero-order chi connectivity index (χ0) is 10.0. The van der Waals surface area contributed by atoms with E-state index in [1.165, 1.54) is 5.56 Å². The van der Waals surface area contributed by atoms with Gasteiger partial charge in [0.1, 0.15) is 0 Å². The number of nitrogens with zero attached hydrogens (tertiary/aromatic N) is 1. The smallest absolute Gasteiger partial charge is 0.0690 e. The Bertz CT molecular complexity index is 298. The number of likely N-dealkylation sites (N-methyl/N-ethyl adjacent to an activating group) is 1. The van der Waals surface area contributed by atoms with Gasteiger partial charge in [-0.25, -0.2) is 0 Å². The molecular formula is C12H17NO. The van der Waals surface area contributed by atoms with Crippen molar-refractivity contribution in [1.29, 1.82) is 0 Å². The Balaban J connectivity index is 2.30. The molecular weight excluding hydrogens is 174 g/mol. The molecule has 0 aliphatic carbocycles. The van der Waals surface area contributed by atoms with Gasteiger partial charge in [-0.3, -0.25) is 4.90 Å². The molecule has 76 valence electrons. The molecule has 0 bridgehead atoms. The molecule has 1 heterocycles. The number of benzene rings is 1. The SMILES string of the molecule is CN1CCOCC1(C)c1ccccc1. The molecule has 0 spiro atoms. The van der Waals surface area contributed by atoms with Gasteiger partial charge in [0.2, 0.25) is 0 Å². The van der Waals surface area contributed by atoms with Crippen molar-refractivity contribution in [2.45, 2.75) is 12.5 Å². The maximum Gasteiger partial charge on any atom is 0.0690 e. The third-order valence-electron chi connectivity index (χ3n) is 3.19. The quantitative estimate of drug-likeness (QED) is 0.672. The lowest BCUT2D eigenvalue weighted by atomic mass is 9.90. The van der Waals surface area contributed by atoms with Gasteiger partial charge in [-0.15, -0.1) is 0 Å². The van der Waals surface area contributed by atoms with E-state index < -0.39 is 0 Å². The number of rotatable bonds is 1. The van der Waals surface area contributed by atoms with Crippen molar-refractivity contribution in [1.82, 2.24) is 4.90 Å². The molecule has 1 atom stereocenters. The van der Waals surface area contributed by atoms with Crippen LogP contribution in [0.1, 0.15) is 12.5 Å². The first-order chi connectivity index (χ1) is 6.73. The molecule has 0 radical (unpaired) electrons. The minimum absolute atomic E-state index is 0.0412. The molecule has 0 N–H and O–H groups in total. The van der Waals surface area contributed by atoms with Gasteiger partial charge in [-0.2, -0.15) is 0 Å². The van der Waals surface area contributed by atoms with Crippen LogP contribution in [0.15, 0.2) is 30.3 Å². The fourth-order valence-corrected chi connectivity index (χ4v) is 1.93. The molecule has 2 rings (SSSR count). The topological polar surface area (TPSA) is 12.5 Å². The Kier molecular flexibility index (Phi) is 2.57. The number of hydrogen-bond donors (Lipinski definition) is 0. The Hall–Kier alpha value is -0.860. The van der Waals surface area contributed by atoms with E-state index in [4.69, 9.17) is 4.74 Å². The normalized spacial score (nSPS) is 29.0. The number of morpholine rings is 1. The average molecular weight is 191 g/mol. The van der Waals surface area contributed by atoms with Gasteiger partial charge in [0.15, 0.2) is 0 Å². The van der Waals surface area contributed by atoms with Crippen molar-refractivity contribution < 1.29 is 4.74 Å². The average Bonchev–Trinajstić information content (AvgIpc) is 2.24. The summed E-state index contributed by atoms with van der Waals surface area (Å²) in [5, 5.41) is 0. The van der Waals surface area contributed by atoms with Gasteiger partial charge >= 0.3 is 0 Å². The second-order valence-electron chi connectivity index (χ2n) is 4.11. The summed E-state index contributed by atoms with van der Waals surface area (Å²) in [6.45, 7) is 4.87. The molecule has 0 amide bonds. The molecule has 2 heteroatoms. The first-order valence-electron chi connectivity index (χ1n) is 5.08. The van der Waals surface area contributed by atoms with Crippen LogP contribution < -0.4 is 0 Å². The second-order valence-corrected chi connectivity index (χ2v) is 4.11. The van der Waals surface area contributed by atoms with E-state index in [0.717, 1.165) is 19.8 Å². The molecule has 1 aromatic rings. The summed E-state index contributed by atoms with van der Waals surface area (Å²) in [4.78, 5) is 2.37. The van der Waals surface area contributed by atoms with Crippen LogP contribution in [-0.2, 0) is 10.3 Å². The van der Waals surface area contributed by atoms with E-state index in [0.29, 0.717) is 0 Å². The van der Waals surface area contributed by atoms with Crippen LogP contribution in [0.2, 0.25) is 0 Å². The van der Waals surface area contributed by atoms with Gasteiger partial charge in [-0.05, 0) is 19.5 Å². The van der Waals surface area contributed by atoms with Crippen LogP contribution >= 0.6 is 0 Å². The van der Waals surface area contributed by atoms with Gasteiger partial charge in [0, 0.05) is 6.54 Å². The van der Waals surface area contributed by atoms with E-state index in [2.05, 4.69) is 49.2 Å². The molecule has 0 aromatic heterocycles. The maximum atomic E-state index is 5.57. The standard InChI is InChI=1S/C12H17NO/c1-12(10-14-9-8-13(12)2)11-6-4-3-5-7-11/h3-7H,8-10H2,1-2H3. The fraction of sp³-hybridized carbons (Fsp3) is 0.500. The van der Waals surface area contributed by atoms with Crippen LogP contribution in [0.25, 0.3) is 0 Å². The fourth-order valence-electron chi connectivity index (χ4n) is 1.93. The van der Waals surface area contributed by atoms with Crippen molar-refractivity contribution >= 4 is 0 Å². The zero-order valence-electron chi connectivity index (χ0n) is 8.86. The summed E-state index contributed by atoms with van der Waals surface area (Å²) in [5.74, 6) is 0. The third kappa shape index (κ3) is 1.56. The Morgan fingerprint density at radius 2 is 2.00 bits per heavy atom. The predicted octanol–water partition coefficient (Wildman–Crippen LogP) is 1.86. The highest BCUT2D eigenvalue weighted by molar-refractivity contribution is 5.24. The highest BCUT2D eigenvalue weighted by Gasteiger charge is 2.33. The van der Waals surface area contributed by atoms with Gasteiger partial charge in [0.25, 0.3) is 0 Å². The van der Waals surface area contributed by atoms with Crippen LogP contribution in [0, 0.1) is 0 Å². The van der Waals surface area contributed by atoms with Gasteiger partial charge in [0.05, 0.1) is 18.8 Å². The van der Waals surface area contributed by atoms with Crippen LogP contribution in [0.4, 0.5) is 0 Å². The van der Waals surface area contributed by atoms with Crippen molar-refractivity contribution in [3.05, 3.63) is 35.9 Å². The van der Waals surface area contributed by atoms with Crippen LogP contribution in [0.5, 0.6) is 0 Å². The maximum absolute atomic E-state index is 5.57. The summed E-state index contributed by atoms with van der Waals surface area (Å²) in [5.41, 5.74) is 1.38. The molecule has 0 saturated carbocycles. The van der Waals surface area contributed by atoms with Gasteiger partial charge in [-0.1, -0.05) is 30.3 Å². The minimum Gasteiger partial charge on any atom is -0.378 e. The number of ether oxygens (including phenoxy) is 1. The summed E-state index contributed by atoms with van der Waals surface area (Å²) < 4.78 is 5.57. The van der Waals surface area contributed by atoms with E-state index in [-0.39, 0.29) is 5.54 Å². The van der Waals surface area contributed by atoms with E-state index in [9.17, 15) is 0 Å². The summed E-state index contributed by atoms with van der Waals surface area (Å²) in [7, 11) is 2.16. The highest BCUT2D eigenvalue weighted by Crippen LogP contribution is 2.29. The number of hydrogen-bond acceptors (Lipinski definition) is 2. The lowest BCUT2D eigenvalue weighted by Crippen LogP contribution is -2.50. The van der Waals surface area contributed by atoms with Crippen LogP contribution in [0.3, 0.4) is 0 Å². The van der Waals surface area contributed by atoms with Crippen molar-refractivity contribution in [2.24, 2.45) is 0 Å². The lowest BCUT2D eigenvalue weighted by Gasteiger charge is -2.42. The van der Waals surface area contributed by atoms with Crippen molar-refractivity contribution in [2.75, 3.05) is 26.8 Å². The van der Waals surface area contributed by atoms with Gasteiger partial charge < -0.3 is 4.74 Å². The predicted molar refractivity (Wildman–Crippen MR) is 57.2 cm³/mol. The lowest BCUT2D eigenvalue weighted by molar-refractivity contribution is -0.0500. The first kappa shape index (κ1) is 9.69. The molecule has 2 nitrogen and oxygen atoms in total. The molecule has 1 aromatic carbocycles. The first-order valence-corrected chi connectivity index (χ1v) is 5.08. The Labute approximate surface area is 85.5 Å². The third-order valence-corrected chi connectivity index (χ3v) is 3.19. The van der Waals surface area contributed by atoms with E-state index in [1.807, 2.05) is 0 Å². The zero-order valence-corrected chi connectivity index (χ0v) is 8.86. The summed E-state index contributed by atoms with van der Waals surface area (Å²) in [6, 6.07) is 10.6. The molecule has 1 unspecified atom stereocenters. The second kappa shape index (κ2) is 3.71. The Morgan fingerprint density at radius 1 is 1.29 bits per heavy atom. The van der Waals surface area contributed by atoms with Crippen molar-refractivity contribution in [3.8, 4) is 0 Å². The molecule has 1 aliphatic rings. The highest BCUT2D eigenvalue weighted by atomic mass is 16.5. The van der Waals surface area contributed by atoms with E-state index >= 15 is 0 Å². The summed E-state index contributed by atoms with van der Waals surface area (Å²) >= 11 is 0. The van der Waals surface area contributed by atoms with E-state index in [1.54, 1.807) is 0 Å². The monoisotopic (exact) mass is 191 g/mol. The van der Waals surface area contributed by atoms with Crippen molar-refractivity contribution in [3.63, 3.8) is 0 Å². The summed E-state index contributed by atoms with van der Waals surface area (Å²) in [6.07, 6.45) is 0. The molecule has 1 fully saturated rings. The molecule has 1 aliphatic heterocycles. The Morgan fingerprint density at radius 3 is 2.64 bits per heavy atom.